The van der Waals surface area contributed by atoms with Crippen LogP contribution in [0.2, 0.25) is 0 Å². The van der Waals surface area contributed by atoms with Crippen molar-refractivity contribution in [3.05, 3.63) is 65.0 Å². The van der Waals surface area contributed by atoms with E-state index in [1.807, 2.05) is 50.4 Å². The summed E-state index contributed by atoms with van der Waals surface area (Å²) in [7, 11) is 3.32. The van der Waals surface area contributed by atoms with Crippen LogP contribution < -0.4 is 4.74 Å². The minimum Gasteiger partial charge on any atom is -0.496 e. The van der Waals surface area contributed by atoms with E-state index in [4.69, 9.17) is 19.2 Å². The van der Waals surface area contributed by atoms with Gasteiger partial charge in [0.05, 0.1) is 18.7 Å². The number of ether oxygens (including phenoxy) is 2. The van der Waals surface area contributed by atoms with Gasteiger partial charge < -0.3 is 18.9 Å². The fraction of sp³-hybridized carbons (Fsp3) is 0.227. The van der Waals surface area contributed by atoms with Crippen molar-refractivity contribution in [2.75, 3.05) is 14.2 Å². The monoisotopic (exact) mass is 360 g/mol. The van der Waals surface area contributed by atoms with Crippen LogP contribution in [0.1, 0.15) is 29.4 Å². The van der Waals surface area contributed by atoms with E-state index in [0.29, 0.717) is 16.9 Å². The number of furan rings is 1. The standard InChI is InChI=1S/C22H20N2O3/c1-13-9-18(25-3)20(16-7-8-24-21(13)16)22(2,26-4)19-11-15-10-14(12-23)5-6-17(15)27-19/h5-11,24H,1-4H3. The van der Waals surface area contributed by atoms with Gasteiger partial charge in [-0.25, -0.2) is 0 Å². The molecule has 0 bridgehead atoms. The summed E-state index contributed by atoms with van der Waals surface area (Å²) in [5.41, 5.74) is 3.47. The maximum absolute atomic E-state index is 9.15. The minimum atomic E-state index is -0.870. The van der Waals surface area contributed by atoms with Gasteiger partial charge >= 0.3 is 0 Å². The first-order valence-corrected chi connectivity index (χ1v) is 8.66. The molecule has 0 aliphatic heterocycles. The van der Waals surface area contributed by atoms with Gasteiger partial charge in [0.2, 0.25) is 0 Å². The molecule has 0 saturated carbocycles. The van der Waals surface area contributed by atoms with E-state index in [2.05, 4.69) is 11.1 Å². The Morgan fingerprint density at radius 3 is 2.67 bits per heavy atom. The molecule has 5 heteroatoms. The second-order valence-corrected chi connectivity index (χ2v) is 6.75. The molecule has 136 valence electrons. The third kappa shape index (κ3) is 2.49. The maximum Gasteiger partial charge on any atom is 0.152 e. The topological polar surface area (TPSA) is 71.2 Å². The Labute approximate surface area is 157 Å². The highest BCUT2D eigenvalue weighted by Gasteiger charge is 2.37. The number of aromatic amines is 1. The summed E-state index contributed by atoms with van der Waals surface area (Å²) in [6.07, 6.45) is 1.91. The number of rotatable bonds is 4. The number of nitrogens with zero attached hydrogens (tertiary/aromatic N) is 1. The first-order valence-electron chi connectivity index (χ1n) is 8.66. The van der Waals surface area contributed by atoms with Crippen molar-refractivity contribution in [1.82, 2.24) is 4.98 Å². The van der Waals surface area contributed by atoms with Gasteiger partial charge in [0.25, 0.3) is 0 Å². The summed E-state index contributed by atoms with van der Waals surface area (Å²) < 4.78 is 17.8. The molecule has 2 aromatic heterocycles. The number of nitriles is 1. The van der Waals surface area contributed by atoms with E-state index in [1.165, 1.54) is 0 Å². The molecule has 2 heterocycles. The highest BCUT2D eigenvalue weighted by atomic mass is 16.5. The van der Waals surface area contributed by atoms with Gasteiger partial charge in [-0.2, -0.15) is 5.26 Å². The number of hydrogen-bond acceptors (Lipinski definition) is 4. The summed E-state index contributed by atoms with van der Waals surface area (Å²) in [5.74, 6) is 1.39. The van der Waals surface area contributed by atoms with E-state index < -0.39 is 5.60 Å². The average Bonchev–Trinajstić information content (AvgIpc) is 3.33. The first kappa shape index (κ1) is 17.2. The van der Waals surface area contributed by atoms with Crippen LogP contribution >= 0.6 is 0 Å². The van der Waals surface area contributed by atoms with Crippen LogP contribution in [0, 0.1) is 18.3 Å². The zero-order chi connectivity index (χ0) is 19.2. The van der Waals surface area contributed by atoms with E-state index in [0.717, 1.165) is 33.2 Å². The van der Waals surface area contributed by atoms with Gasteiger partial charge in [-0.15, -0.1) is 0 Å². The van der Waals surface area contributed by atoms with Crippen molar-refractivity contribution in [2.24, 2.45) is 0 Å². The summed E-state index contributed by atoms with van der Waals surface area (Å²) in [6, 6.07) is 13.5. The summed E-state index contributed by atoms with van der Waals surface area (Å²) in [6.45, 7) is 4.01. The molecule has 0 saturated heterocycles. The van der Waals surface area contributed by atoms with E-state index in [1.54, 1.807) is 20.3 Å². The Balaban J connectivity index is 2.01. The summed E-state index contributed by atoms with van der Waals surface area (Å²) >= 11 is 0. The molecule has 0 aliphatic rings. The van der Waals surface area contributed by atoms with Gasteiger partial charge in [0.15, 0.2) is 5.60 Å². The Morgan fingerprint density at radius 1 is 1.15 bits per heavy atom. The Bertz CT molecular complexity index is 1200. The normalized spacial score (nSPS) is 13.6. The molecule has 0 radical (unpaired) electrons. The molecule has 2 aromatic carbocycles. The summed E-state index contributed by atoms with van der Waals surface area (Å²) in [4.78, 5) is 3.29. The third-order valence-corrected chi connectivity index (χ3v) is 5.23. The van der Waals surface area contributed by atoms with Gasteiger partial charge in [-0.05, 0) is 55.8 Å². The molecule has 0 spiro atoms. The van der Waals surface area contributed by atoms with E-state index in [9.17, 15) is 0 Å². The molecule has 1 unspecified atom stereocenters. The van der Waals surface area contributed by atoms with Crippen molar-refractivity contribution in [1.29, 1.82) is 5.26 Å². The quantitative estimate of drug-likeness (QED) is 0.555. The average molecular weight is 360 g/mol. The molecule has 1 N–H and O–H groups in total. The molecule has 4 rings (SSSR count). The van der Waals surface area contributed by atoms with Crippen molar-refractivity contribution < 1.29 is 13.9 Å². The Hall–Kier alpha value is -3.23. The van der Waals surface area contributed by atoms with Crippen LogP contribution in [0.5, 0.6) is 5.75 Å². The molecule has 1 atom stereocenters. The van der Waals surface area contributed by atoms with Crippen molar-refractivity contribution in [2.45, 2.75) is 19.4 Å². The van der Waals surface area contributed by atoms with Crippen molar-refractivity contribution in [3.63, 3.8) is 0 Å². The molecule has 5 nitrogen and oxygen atoms in total. The third-order valence-electron chi connectivity index (χ3n) is 5.23. The van der Waals surface area contributed by atoms with E-state index >= 15 is 0 Å². The fourth-order valence-corrected chi connectivity index (χ4v) is 3.70. The number of hydrogen-bond donors (Lipinski definition) is 1. The van der Waals surface area contributed by atoms with Gasteiger partial charge in [-0.1, -0.05) is 0 Å². The Kier molecular flexibility index (Phi) is 3.94. The second-order valence-electron chi connectivity index (χ2n) is 6.75. The SMILES string of the molecule is COc1cc(C)c2[nH]ccc2c1C(C)(OC)c1cc2cc(C#N)ccc2o1. The van der Waals surface area contributed by atoms with Crippen LogP contribution in [0.15, 0.2) is 47.0 Å². The fourth-order valence-electron chi connectivity index (χ4n) is 3.70. The first-order chi connectivity index (χ1) is 13.0. The van der Waals surface area contributed by atoms with Crippen LogP contribution in [0.25, 0.3) is 21.9 Å². The van der Waals surface area contributed by atoms with E-state index in [-0.39, 0.29) is 0 Å². The van der Waals surface area contributed by atoms with Crippen LogP contribution in [-0.4, -0.2) is 19.2 Å². The smallest absolute Gasteiger partial charge is 0.152 e. The number of methoxy groups -OCH3 is 2. The lowest BCUT2D eigenvalue weighted by atomic mass is 9.88. The highest BCUT2D eigenvalue weighted by molar-refractivity contribution is 5.90. The van der Waals surface area contributed by atoms with Crippen molar-refractivity contribution >= 4 is 21.9 Å². The molecule has 4 aromatic rings. The molecular weight excluding hydrogens is 340 g/mol. The van der Waals surface area contributed by atoms with Gasteiger partial charge in [-0.3, -0.25) is 0 Å². The zero-order valence-corrected chi connectivity index (χ0v) is 15.7. The Morgan fingerprint density at radius 2 is 1.96 bits per heavy atom. The number of nitrogens with one attached hydrogen (secondary N) is 1. The predicted octanol–water partition coefficient (Wildman–Crippen LogP) is 5.01. The van der Waals surface area contributed by atoms with Crippen molar-refractivity contribution in [3.8, 4) is 11.8 Å². The van der Waals surface area contributed by atoms with Crippen LogP contribution in [-0.2, 0) is 10.3 Å². The molecule has 0 amide bonds. The number of aryl methyl sites for hydroxylation is 1. The largest absolute Gasteiger partial charge is 0.496 e. The zero-order valence-electron chi connectivity index (χ0n) is 15.7. The van der Waals surface area contributed by atoms with Gasteiger partial charge in [0.1, 0.15) is 17.1 Å². The predicted molar refractivity (Wildman–Crippen MR) is 104 cm³/mol. The molecule has 0 aliphatic carbocycles. The van der Waals surface area contributed by atoms with Crippen LogP contribution in [0.3, 0.4) is 0 Å². The highest BCUT2D eigenvalue weighted by Crippen LogP contribution is 2.44. The molecule has 0 fully saturated rings. The maximum atomic E-state index is 9.15. The number of benzene rings is 2. The molecule has 27 heavy (non-hydrogen) atoms. The molecular formula is C22H20N2O3. The lowest BCUT2D eigenvalue weighted by Gasteiger charge is -2.29. The lowest BCUT2D eigenvalue weighted by Crippen LogP contribution is -2.26. The van der Waals surface area contributed by atoms with Crippen LogP contribution in [0.4, 0.5) is 0 Å². The second kappa shape index (κ2) is 6.19. The lowest BCUT2D eigenvalue weighted by molar-refractivity contribution is 0.0211. The summed E-state index contributed by atoms with van der Waals surface area (Å²) in [5, 5.41) is 11.0. The number of aromatic nitrogens is 1. The number of fused-ring (bicyclic) bond motifs is 2. The van der Waals surface area contributed by atoms with Gasteiger partial charge in [0, 0.05) is 35.2 Å². The minimum absolute atomic E-state index is 0.593. The number of H-pyrrole nitrogens is 1.